The lowest BCUT2D eigenvalue weighted by atomic mass is 10.1. The van der Waals surface area contributed by atoms with Crippen molar-refractivity contribution < 1.29 is 33.8 Å². The highest BCUT2D eigenvalue weighted by Gasteiger charge is 2.38. The molecule has 0 aromatic heterocycles. The normalized spacial score (nSPS) is 14.6. The van der Waals surface area contributed by atoms with Crippen LogP contribution in [0.25, 0.3) is 6.08 Å². The van der Waals surface area contributed by atoms with Crippen LogP contribution in [-0.4, -0.2) is 66.0 Å². The van der Waals surface area contributed by atoms with Gasteiger partial charge in [-0.05, 0) is 19.1 Å². The maximum absolute atomic E-state index is 12.3. The van der Waals surface area contributed by atoms with Crippen LogP contribution in [0, 0.1) is 0 Å². The van der Waals surface area contributed by atoms with Crippen molar-refractivity contribution in [1.29, 1.82) is 0 Å². The number of hydrogen-bond acceptors (Lipinski definition) is 6. The van der Waals surface area contributed by atoms with Crippen molar-refractivity contribution >= 4 is 29.9 Å². The number of rotatable bonds is 6. The van der Waals surface area contributed by atoms with Crippen molar-refractivity contribution in [3.8, 4) is 11.5 Å². The molecular weight excluding hydrogens is 344 g/mol. The third-order valence-corrected chi connectivity index (χ3v) is 3.59. The Morgan fingerprint density at radius 1 is 1.12 bits per heavy atom. The van der Waals surface area contributed by atoms with E-state index in [9.17, 15) is 19.2 Å². The van der Waals surface area contributed by atoms with Gasteiger partial charge in [-0.15, -0.1) is 0 Å². The lowest BCUT2D eigenvalue weighted by molar-refractivity contribution is -0.139. The van der Waals surface area contributed by atoms with E-state index >= 15 is 0 Å². The summed E-state index contributed by atoms with van der Waals surface area (Å²) in [6.07, 6.45) is 1.25. The molecule has 1 aromatic rings. The molecule has 1 heterocycles. The molecule has 2 rings (SSSR count). The fourth-order valence-corrected chi connectivity index (χ4v) is 2.33. The molecule has 1 fully saturated rings. The van der Waals surface area contributed by atoms with Crippen LogP contribution < -0.4 is 9.47 Å². The number of imide groups is 2. The molecule has 1 aliphatic rings. The van der Waals surface area contributed by atoms with Crippen molar-refractivity contribution in [2.24, 2.45) is 0 Å². The highest BCUT2D eigenvalue weighted by molar-refractivity contribution is 6.30. The van der Waals surface area contributed by atoms with Crippen LogP contribution in [0.1, 0.15) is 12.5 Å². The number of carboxylic acids is 1. The minimum absolute atomic E-state index is 0.0899. The molecule has 0 saturated carbocycles. The summed E-state index contributed by atoms with van der Waals surface area (Å²) in [6.45, 7) is 1.43. The van der Waals surface area contributed by atoms with Crippen LogP contribution >= 0.6 is 0 Å². The highest BCUT2D eigenvalue weighted by Crippen LogP contribution is 2.33. The van der Waals surface area contributed by atoms with Gasteiger partial charge in [0.25, 0.3) is 11.8 Å². The molecule has 0 unspecified atom stereocenters. The van der Waals surface area contributed by atoms with Gasteiger partial charge < -0.3 is 14.6 Å². The largest absolute Gasteiger partial charge is 0.490 e. The van der Waals surface area contributed by atoms with Crippen LogP contribution in [0.2, 0.25) is 0 Å². The average molecular weight is 362 g/mol. The number of nitrogens with zero attached hydrogens (tertiary/aromatic N) is 2. The zero-order chi connectivity index (χ0) is 19.4. The molecule has 9 nitrogen and oxygen atoms in total. The lowest BCUT2D eigenvalue weighted by Gasteiger charge is -2.29. The minimum atomic E-state index is -1.19. The molecule has 26 heavy (non-hydrogen) atoms. The van der Waals surface area contributed by atoms with Crippen LogP contribution in [0.3, 0.4) is 0 Å². The number of ether oxygens (including phenoxy) is 2. The monoisotopic (exact) mass is 362 g/mol. The Kier molecular flexibility index (Phi) is 5.61. The number of carbonyl (C=O) groups is 4. The number of hydrogen-bond donors (Lipinski definition) is 1. The minimum Gasteiger partial charge on any atom is -0.490 e. The van der Waals surface area contributed by atoms with E-state index in [1.165, 1.54) is 20.2 Å². The van der Waals surface area contributed by atoms with Crippen molar-refractivity contribution in [2.75, 3.05) is 27.3 Å². The van der Waals surface area contributed by atoms with Gasteiger partial charge in [0.2, 0.25) is 0 Å². The van der Waals surface area contributed by atoms with Crippen LogP contribution in [0.4, 0.5) is 4.79 Å². The van der Waals surface area contributed by atoms with Crippen molar-refractivity contribution in [2.45, 2.75) is 6.92 Å². The predicted octanol–water partition coefficient (Wildman–Crippen LogP) is 0.982. The van der Waals surface area contributed by atoms with Gasteiger partial charge in [0.15, 0.2) is 18.1 Å². The molecular formula is C17H18N2O7. The van der Waals surface area contributed by atoms with E-state index in [1.807, 2.05) is 0 Å². The number of benzene rings is 1. The summed E-state index contributed by atoms with van der Waals surface area (Å²) in [5, 5.41) is 8.85. The Bertz CT molecular complexity index is 774. The Labute approximate surface area is 149 Å². The number of carbonyl (C=O) groups excluding carboxylic acids is 3. The standard InChI is InChI=1S/C17H18N2O7/c1-4-25-12-7-5-6-10(14(12)26-9-13(20)21)8-11-15(22)18(2)17(24)19(3)16(11)23/h5-8H,4,9H2,1-3H3,(H,20,21). The maximum atomic E-state index is 12.3. The van der Waals surface area contributed by atoms with Gasteiger partial charge in [-0.3, -0.25) is 19.4 Å². The molecule has 0 bridgehead atoms. The number of urea groups is 1. The second-order valence-electron chi connectivity index (χ2n) is 5.36. The van der Waals surface area contributed by atoms with Crippen LogP contribution in [-0.2, 0) is 14.4 Å². The van der Waals surface area contributed by atoms with E-state index in [2.05, 4.69) is 0 Å². The van der Waals surface area contributed by atoms with Crippen molar-refractivity contribution in [1.82, 2.24) is 9.80 Å². The molecule has 1 N–H and O–H groups in total. The number of para-hydroxylation sites is 1. The molecule has 0 radical (unpaired) electrons. The first-order valence-corrected chi connectivity index (χ1v) is 7.70. The van der Waals surface area contributed by atoms with E-state index in [0.717, 1.165) is 9.80 Å². The quantitative estimate of drug-likeness (QED) is 0.593. The first kappa shape index (κ1) is 19.0. The predicted molar refractivity (Wildman–Crippen MR) is 89.7 cm³/mol. The van der Waals surface area contributed by atoms with Gasteiger partial charge >= 0.3 is 12.0 Å². The zero-order valence-corrected chi connectivity index (χ0v) is 14.5. The van der Waals surface area contributed by atoms with Gasteiger partial charge in [0.1, 0.15) is 5.57 Å². The van der Waals surface area contributed by atoms with Gasteiger partial charge in [-0.2, -0.15) is 0 Å². The Hall–Kier alpha value is -3.36. The molecule has 1 aliphatic heterocycles. The summed E-state index contributed by atoms with van der Waals surface area (Å²) in [4.78, 5) is 48.9. The molecule has 0 spiro atoms. The van der Waals surface area contributed by atoms with Gasteiger partial charge in [-0.1, -0.05) is 12.1 Å². The number of amides is 4. The smallest absolute Gasteiger partial charge is 0.341 e. The second kappa shape index (κ2) is 7.68. The molecule has 138 valence electrons. The third-order valence-electron chi connectivity index (χ3n) is 3.59. The van der Waals surface area contributed by atoms with E-state index in [0.29, 0.717) is 6.61 Å². The maximum Gasteiger partial charge on any atom is 0.341 e. The fraction of sp³-hybridized carbons (Fsp3) is 0.294. The summed E-state index contributed by atoms with van der Waals surface area (Å²) in [5.74, 6) is -2.35. The molecule has 9 heteroatoms. The van der Waals surface area contributed by atoms with Crippen molar-refractivity contribution in [3.63, 3.8) is 0 Å². The molecule has 0 atom stereocenters. The second-order valence-corrected chi connectivity index (χ2v) is 5.36. The van der Waals surface area contributed by atoms with E-state index in [-0.39, 0.29) is 22.6 Å². The molecule has 4 amide bonds. The Morgan fingerprint density at radius 3 is 2.27 bits per heavy atom. The number of carboxylic acid groups (broad SMARTS) is 1. The van der Waals surface area contributed by atoms with E-state index in [4.69, 9.17) is 14.6 Å². The SMILES string of the molecule is CCOc1cccc(C=C2C(=O)N(C)C(=O)N(C)C2=O)c1OCC(=O)O. The van der Waals surface area contributed by atoms with Crippen LogP contribution in [0.5, 0.6) is 11.5 Å². The van der Waals surface area contributed by atoms with Gasteiger partial charge in [0, 0.05) is 19.7 Å². The summed E-state index contributed by atoms with van der Waals surface area (Å²) in [5.41, 5.74) is 0.0356. The van der Waals surface area contributed by atoms with Gasteiger partial charge in [-0.25, -0.2) is 9.59 Å². The van der Waals surface area contributed by atoms with Crippen LogP contribution in [0.15, 0.2) is 23.8 Å². The summed E-state index contributed by atoms with van der Waals surface area (Å²) in [7, 11) is 2.53. The molecule has 0 aliphatic carbocycles. The molecule has 1 aromatic carbocycles. The lowest BCUT2D eigenvalue weighted by Crippen LogP contribution is -2.52. The molecule has 1 saturated heterocycles. The number of aliphatic carboxylic acids is 1. The van der Waals surface area contributed by atoms with Crippen molar-refractivity contribution in [3.05, 3.63) is 29.3 Å². The first-order valence-electron chi connectivity index (χ1n) is 7.70. The average Bonchev–Trinajstić information content (AvgIpc) is 2.61. The fourth-order valence-electron chi connectivity index (χ4n) is 2.33. The number of likely N-dealkylation sites (N-methyl/N-ethyl adjacent to an activating group) is 2. The van der Waals surface area contributed by atoms with Gasteiger partial charge in [0.05, 0.1) is 6.61 Å². The Morgan fingerprint density at radius 2 is 1.73 bits per heavy atom. The number of barbiturate groups is 1. The summed E-state index contributed by atoms with van der Waals surface area (Å²) < 4.78 is 10.7. The highest BCUT2D eigenvalue weighted by atomic mass is 16.5. The van der Waals surface area contributed by atoms with E-state index in [1.54, 1.807) is 25.1 Å². The first-order chi connectivity index (χ1) is 12.3. The summed E-state index contributed by atoms with van der Waals surface area (Å²) in [6, 6.07) is 4.00. The van der Waals surface area contributed by atoms with E-state index < -0.39 is 30.4 Å². The summed E-state index contributed by atoms with van der Waals surface area (Å²) >= 11 is 0. The third kappa shape index (κ3) is 3.66. The topological polar surface area (TPSA) is 113 Å². The Balaban J connectivity index is 2.52. The zero-order valence-electron chi connectivity index (χ0n) is 14.5.